The fourth-order valence-corrected chi connectivity index (χ4v) is 5.77. The molecule has 0 saturated carbocycles. The van der Waals surface area contributed by atoms with Crippen LogP contribution < -0.4 is 10.6 Å². The second kappa shape index (κ2) is 8.29. The summed E-state index contributed by atoms with van der Waals surface area (Å²) >= 11 is 6.09. The molecule has 0 aromatic heterocycles. The minimum absolute atomic E-state index is 0.0641. The van der Waals surface area contributed by atoms with Crippen molar-refractivity contribution in [2.45, 2.75) is 24.0 Å². The molecular weight excluding hydrogens is 462 g/mol. The Balaban J connectivity index is 1.91. The van der Waals surface area contributed by atoms with Gasteiger partial charge >= 0.3 is 6.18 Å². The molecule has 1 aliphatic heterocycles. The zero-order chi connectivity index (χ0) is 23.1. The molecule has 2 N–H and O–H groups in total. The van der Waals surface area contributed by atoms with Crippen LogP contribution in [0.5, 0.6) is 0 Å². The lowest BCUT2D eigenvalue weighted by atomic mass is 10.1. The van der Waals surface area contributed by atoms with Crippen molar-refractivity contribution in [3.8, 4) is 0 Å². The van der Waals surface area contributed by atoms with E-state index in [4.69, 9.17) is 17.3 Å². The van der Waals surface area contributed by atoms with Crippen LogP contribution in [0, 0.1) is 5.82 Å². The molecule has 31 heavy (non-hydrogen) atoms. The normalized spacial score (nSPS) is 18.3. The number of benzene rings is 2. The second-order valence-electron chi connectivity index (χ2n) is 7.05. The van der Waals surface area contributed by atoms with Crippen molar-refractivity contribution in [3.63, 3.8) is 0 Å². The highest BCUT2D eigenvalue weighted by Crippen LogP contribution is 2.38. The first-order valence-electron chi connectivity index (χ1n) is 9.06. The third-order valence-corrected chi connectivity index (χ3v) is 7.56. The van der Waals surface area contributed by atoms with Gasteiger partial charge in [0.25, 0.3) is 0 Å². The monoisotopic (exact) mass is 479 g/mol. The van der Waals surface area contributed by atoms with E-state index in [1.54, 1.807) is 0 Å². The van der Waals surface area contributed by atoms with Gasteiger partial charge in [0, 0.05) is 31.4 Å². The van der Waals surface area contributed by atoms with Crippen LogP contribution >= 0.6 is 11.6 Å². The summed E-state index contributed by atoms with van der Waals surface area (Å²) in [6.07, 6.45) is -4.77. The number of piperazine rings is 1. The van der Waals surface area contributed by atoms with Gasteiger partial charge in [-0.25, -0.2) is 12.8 Å². The van der Waals surface area contributed by atoms with Crippen molar-refractivity contribution < 1.29 is 30.8 Å². The first-order valence-corrected chi connectivity index (χ1v) is 10.9. The van der Waals surface area contributed by atoms with Gasteiger partial charge in [-0.2, -0.15) is 17.5 Å². The third kappa shape index (κ3) is 4.48. The average molecular weight is 480 g/mol. The summed E-state index contributed by atoms with van der Waals surface area (Å²) in [7, 11) is -4.16. The summed E-state index contributed by atoms with van der Waals surface area (Å²) < 4.78 is 80.9. The Hall–Kier alpha value is -2.37. The molecule has 1 atom stereocenters. The molecule has 2 aromatic carbocycles. The number of halogens is 5. The summed E-state index contributed by atoms with van der Waals surface area (Å²) in [5.74, 6) is -1.91. The van der Waals surface area contributed by atoms with E-state index < -0.39 is 39.5 Å². The predicted octanol–water partition coefficient (Wildman–Crippen LogP) is 3.50. The van der Waals surface area contributed by atoms with Crippen LogP contribution in [-0.2, 0) is 16.2 Å². The highest BCUT2D eigenvalue weighted by atomic mass is 35.5. The van der Waals surface area contributed by atoms with Crippen LogP contribution in [0.25, 0.3) is 0 Å². The van der Waals surface area contributed by atoms with E-state index in [1.165, 1.54) is 30.0 Å². The number of sulfonamides is 1. The molecule has 1 aliphatic rings. The minimum atomic E-state index is -4.77. The van der Waals surface area contributed by atoms with E-state index in [2.05, 4.69) is 0 Å². The number of anilines is 1. The first-order chi connectivity index (χ1) is 14.3. The summed E-state index contributed by atoms with van der Waals surface area (Å²) in [5, 5.41) is -0.317. The van der Waals surface area contributed by atoms with Crippen LogP contribution in [0.15, 0.2) is 41.3 Å². The Labute approximate surface area is 181 Å². The van der Waals surface area contributed by atoms with E-state index in [9.17, 15) is 30.8 Å². The van der Waals surface area contributed by atoms with Gasteiger partial charge in [0.2, 0.25) is 15.9 Å². The van der Waals surface area contributed by atoms with E-state index in [1.807, 2.05) is 0 Å². The number of primary amides is 1. The fourth-order valence-electron chi connectivity index (χ4n) is 3.55. The van der Waals surface area contributed by atoms with E-state index in [0.717, 1.165) is 16.4 Å². The van der Waals surface area contributed by atoms with Crippen LogP contribution in [0.3, 0.4) is 0 Å². The number of hydrogen-bond acceptors (Lipinski definition) is 4. The van der Waals surface area contributed by atoms with Crippen LogP contribution in [0.4, 0.5) is 23.2 Å². The highest BCUT2D eigenvalue weighted by Gasteiger charge is 2.39. The fraction of sp³-hybridized carbons (Fsp3) is 0.316. The number of amides is 1. The minimum Gasteiger partial charge on any atom is -0.368 e. The topological polar surface area (TPSA) is 83.7 Å². The zero-order valence-electron chi connectivity index (χ0n) is 16.2. The molecule has 6 nitrogen and oxygen atoms in total. The summed E-state index contributed by atoms with van der Waals surface area (Å²) in [5.41, 5.74) is 3.70. The van der Waals surface area contributed by atoms with Crippen molar-refractivity contribution in [2.75, 3.05) is 24.5 Å². The van der Waals surface area contributed by atoms with Gasteiger partial charge in [0.05, 0.1) is 16.1 Å². The van der Waals surface area contributed by atoms with Gasteiger partial charge in [0.1, 0.15) is 10.7 Å². The Morgan fingerprint density at radius 3 is 2.45 bits per heavy atom. The number of carbonyl (C=O) groups excluding carboxylic acids is 1. The smallest absolute Gasteiger partial charge is 0.368 e. The maximum Gasteiger partial charge on any atom is 0.418 e. The van der Waals surface area contributed by atoms with Gasteiger partial charge in [0.15, 0.2) is 0 Å². The Morgan fingerprint density at radius 2 is 1.87 bits per heavy atom. The van der Waals surface area contributed by atoms with Crippen LogP contribution in [0.2, 0.25) is 5.02 Å². The summed E-state index contributed by atoms with van der Waals surface area (Å²) in [6, 6.07) is 5.48. The second-order valence-corrected chi connectivity index (χ2v) is 9.29. The average Bonchev–Trinajstić information content (AvgIpc) is 2.66. The van der Waals surface area contributed by atoms with E-state index in [0.29, 0.717) is 6.07 Å². The van der Waals surface area contributed by atoms with Crippen molar-refractivity contribution in [2.24, 2.45) is 5.73 Å². The molecule has 1 amide bonds. The largest absolute Gasteiger partial charge is 0.418 e. The molecule has 0 bridgehead atoms. The predicted molar refractivity (Wildman–Crippen MR) is 107 cm³/mol. The molecule has 1 saturated heterocycles. The third-order valence-electron chi connectivity index (χ3n) is 4.99. The van der Waals surface area contributed by atoms with Gasteiger partial charge in [-0.05, 0) is 37.3 Å². The van der Waals surface area contributed by atoms with Crippen molar-refractivity contribution in [1.82, 2.24) is 4.31 Å². The molecule has 0 spiro atoms. The van der Waals surface area contributed by atoms with Crippen LogP contribution in [0.1, 0.15) is 22.8 Å². The maximum absolute atomic E-state index is 13.4. The lowest BCUT2D eigenvalue weighted by molar-refractivity contribution is -0.137. The standard InChI is InChI=1S/C19H18ClF4N3O3S/c1-11-10-26(15-6-5-12(21)9-14(15)19(22,23)24)7-8-27(11)31(29,30)16-4-2-3-13(17(16)20)18(25)28/h2-6,9,11H,7-8,10H2,1H3,(H2,25,28). The maximum atomic E-state index is 13.4. The molecule has 1 unspecified atom stereocenters. The van der Waals surface area contributed by atoms with Gasteiger partial charge in [-0.1, -0.05) is 17.7 Å². The molecule has 1 heterocycles. The Kier molecular flexibility index (Phi) is 6.23. The lowest BCUT2D eigenvalue weighted by Gasteiger charge is -2.41. The SMILES string of the molecule is CC1CN(c2ccc(F)cc2C(F)(F)F)CCN1S(=O)(=O)c1cccc(C(N)=O)c1Cl. The van der Waals surface area contributed by atoms with Crippen LogP contribution in [-0.4, -0.2) is 44.3 Å². The Morgan fingerprint density at radius 1 is 1.19 bits per heavy atom. The number of hydrogen-bond donors (Lipinski definition) is 1. The quantitative estimate of drug-likeness (QED) is 0.680. The zero-order valence-corrected chi connectivity index (χ0v) is 17.7. The molecule has 1 fully saturated rings. The number of rotatable bonds is 4. The molecular formula is C19H18ClF4N3O3S. The number of alkyl halides is 3. The Bertz CT molecular complexity index is 1120. The van der Waals surface area contributed by atoms with Crippen molar-refractivity contribution >= 4 is 33.2 Å². The van der Waals surface area contributed by atoms with Crippen molar-refractivity contribution in [1.29, 1.82) is 0 Å². The molecule has 0 radical (unpaired) electrons. The number of nitrogens with zero attached hydrogens (tertiary/aromatic N) is 2. The first kappa shape index (κ1) is 23.3. The number of carbonyl (C=O) groups is 1. The number of nitrogens with two attached hydrogens (primary N) is 1. The molecule has 12 heteroatoms. The van der Waals surface area contributed by atoms with E-state index in [-0.39, 0.29) is 40.8 Å². The van der Waals surface area contributed by atoms with Crippen molar-refractivity contribution in [3.05, 3.63) is 58.4 Å². The lowest BCUT2D eigenvalue weighted by Crippen LogP contribution is -2.54. The van der Waals surface area contributed by atoms with Gasteiger partial charge < -0.3 is 10.6 Å². The molecule has 3 rings (SSSR count). The molecule has 2 aromatic rings. The van der Waals surface area contributed by atoms with Gasteiger partial charge in [-0.15, -0.1) is 0 Å². The highest BCUT2D eigenvalue weighted by molar-refractivity contribution is 7.89. The summed E-state index contributed by atoms with van der Waals surface area (Å²) in [4.78, 5) is 12.5. The van der Waals surface area contributed by atoms with E-state index >= 15 is 0 Å². The van der Waals surface area contributed by atoms with Gasteiger partial charge in [-0.3, -0.25) is 4.79 Å². The molecule has 168 valence electrons. The molecule has 0 aliphatic carbocycles. The summed E-state index contributed by atoms with van der Waals surface area (Å²) in [6.45, 7) is 1.26.